The number of pyridine rings is 1. The molecule has 3 N–H and O–H groups in total. The minimum Gasteiger partial charge on any atom is -0.396 e. The first-order chi connectivity index (χ1) is 12.6. The van der Waals surface area contributed by atoms with Crippen LogP contribution in [0.2, 0.25) is 0 Å². The van der Waals surface area contributed by atoms with E-state index in [1.54, 1.807) is 0 Å². The van der Waals surface area contributed by atoms with E-state index in [1.807, 2.05) is 28.8 Å². The summed E-state index contributed by atoms with van der Waals surface area (Å²) in [5.74, 6) is 1.88. The number of imidazole rings is 1. The summed E-state index contributed by atoms with van der Waals surface area (Å²) < 4.78 is 2.04. The van der Waals surface area contributed by atoms with Crippen LogP contribution in [0.3, 0.4) is 0 Å². The van der Waals surface area contributed by atoms with Gasteiger partial charge < -0.3 is 20.1 Å². The molecular formula is C20H34IN5O. The molecule has 0 radical (unpaired) electrons. The molecule has 0 saturated carbocycles. The van der Waals surface area contributed by atoms with Gasteiger partial charge in [0.2, 0.25) is 0 Å². The highest BCUT2D eigenvalue weighted by Gasteiger charge is 2.10. The maximum atomic E-state index is 9.26. The number of fused-ring (bicyclic) bond motifs is 1. The first-order valence-corrected chi connectivity index (χ1v) is 9.68. The largest absolute Gasteiger partial charge is 0.396 e. The van der Waals surface area contributed by atoms with Crippen LogP contribution in [0.1, 0.15) is 39.3 Å². The van der Waals surface area contributed by atoms with Crippen LogP contribution >= 0.6 is 24.0 Å². The molecule has 0 aromatic carbocycles. The summed E-state index contributed by atoms with van der Waals surface area (Å²) in [5, 5.41) is 15.9. The minimum atomic E-state index is 0. The van der Waals surface area contributed by atoms with Gasteiger partial charge in [0.25, 0.3) is 0 Å². The topological polar surface area (TPSA) is 74.0 Å². The van der Waals surface area contributed by atoms with Gasteiger partial charge in [0.05, 0.1) is 5.69 Å². The molecule has 0 spiro atoms. The molecule has 0 bridgehead atoms. The molecule has 2 aromatic rings. The maximum Gasteiger partial charge on any atom is 0.191 e. The number of halogens is 1. The summed E-state index contributed by atoms with van der Waals surface area (Å²) in [6.45, 7) is 9.07. The molecule has 0 aliphatic heterocycles. The van der Waals surface area contributed by atoms with Crippen molar-refractivity contribution in [2.45, 2.75) is 40.0 Å². The zero-order valence-electron chi connectivity index (χ0n) is 16.7. The lowest BCUT2D eigenvalue weighted by Crippen LogP contribution is -2.38. The Labute approximate surface area is 179 Å². The van der Waals surface area contributed by atoms with Gasteiger partial charge in [-0.2, -0.15) is 0 Å². The van der Waals surface area contributed by atoms with Crippen LogP contribution in [-0.4, -0.2) is 46.7 Å². The fourth-order valence-corrected chi connectivity index (χ4v) is 3.11. The van der Waals surface area contributed by atoms with Crippen LogP contribution in [0.15, 0.2) is 35.6 Å². The van der Waals surface area contributed by atoms with Gasteiger partial charge in [-0.15, -0.1) is 24.0 Å². The lowest BCUT2D eigenvalue weighted by atomic mass is 9.94. The number of aliphatic hydroxyl groups excluding tert-OH is 1. The van der Waals surface area contributed by atoms with Gasteiger partial charge in [-0.3, -0.25) is 4.99 Å². The third-order valence-corrected chi connectivity index (χ3v) is 4.28. The molecule has 2 aromatic heterocycles. The highest BCUT2D eigenvalue weighted by Crippen LogP contribution is 2.15. The maximum absolute atomic E-state index is 9.26. The third kappa shape index (κ3) is 8.47. The number of guanidine groups is 1. The molecular weight excluding hydrogens is 453 g/mol. The van der Waals surface area contributed by atoms with Crippen LogP contribution in [-0.2, 0) is 6.42 Å². The van der Waals surface area contributed by atoms with Gasteiger partial charge in [0.1, 0.15) is 5.65 Å². The number of nitrogens with one attached hydrogen (secondary N) is 2. The number of hydrogen-bond acceptors (Lipinski definition) is 3. The molecule has 6 nitrogen and oxygen atoms in total. The molecule has 7 heteroatoms. The van der Waals surface area contributed by atoms with Gasteiger partial charge in [0, 0.05) is 45.1 Å². The Kier molecular flexibility index (Phi) is 11.3. The van der Waals surface area contributed by atoms with Gasteiger partial charge in [0.15, 0.2) is 5.96 Å². The Morgan fingerprint density at radius 1 is 1.30 bits per heavy atom. The highest BCUT2D eigenvalue weighted by molar-refractivity contribution is 14.0. The zero-order valence-corrected chi connectivity index (χ0v) is 19.0. The van der Waals surface area contributed by atoms with Crippen molar-refractivity contribution in [2.24, 2.45) is 16.8 Å². The van der Waals surface area contributed by atoms with Gasteiger partial charge >= 0.3 is 0 Å². The van der Waals surface area contributed by atoms with E-state index < -0.39 is 0 Å². The van der Waals surface area contributed by atoms with Crippen molar-refractivity contribution in [1.29, 1.82) is 0 Å². The molecule has 0 fully saturated rings. The van der Waals surface area contributed by atoms with Gasteiger partial charge in [-0.1, -0.05) is 19.9 Å². The fraction of sp³-hybridized carbons (Fsp3) is 0.600. The molecule has 0 aliphatic carbocycles. The average molecular weight is 487 g/mol. The number of rotatable bonds is 10. The average Bonchev–Trinajstić information content (AvgIpc) is 3.02. The van der Waals surface area contributed by atoms with E-state index in [4.69, 9.17) is 4.99 Å². The van der Waals surface area contributed by atoms with E-state index in [1.165, 1.54) is 0 Å². The summed E-state index contributed by atoms with van der Waals surface area (Å²) in [4.78, 5) is 9.34. The van der Waals surface area contributed by atoms with Crippen molar-refractivity contribution >= 4 is 35.6 Å². The second kappa shape index (κ2) is 12.9. The molecule has 1 unspecified atom stereocenters. The van der Waals surface area contributed by atoms with E-state index in [9.17, 15) is 5.11 Å². The number of aliphatic imine (C=N–C) groups is 1. The summed E-state index contributed by atoms with van der Waals surface area (Å²) in [7, 11) is 0. The van der Waals surface area contributed by atoms with E-state index >= 15 is 0 Å². The highest BCUT2D eigenvalue weighted by atomic mass is 127. The summed E-state index contributed by atoms with van der Waals surface area (Å²) in [6.07, 6.45) is 6.83. The smallest absolute Gasteiger partial charge is 0.191 e. The monoisotopic (exact) mass is 487 g/mol. The number of aliphatic hydroxyl groups is 1. The quantitative estimate of drug-likeness (QED) is 0.274. The van der Waals surface area contributed by atoms with Crippen molar-refractivity contribution in [2.75, 3.05) is 26.2 Å². The van der Waals surface area contributed by atoms with Crippen LogP contribution in [0.4, 0.5) is 0 Å². The number of aromatic nitrogens is 2. The molecule has 0 aliphatic rings. The Hall–Kier alpha value is -1.35. The molecule has 2 rings (SSSR count). The van der Waals surface area contributed by atoms with Crippen molar-refractivity contribution in [3.8, 4) is 0 Å². The minimum absolute atomic E-state index is 0. The Bertz CT molecular complexity index is 653. The molecule has 2 heterocycles. The summed E-state index contributed by atoms with van der Waals surface area (Å²) in [5.41, 5.74) is 2.04. The van der Waals surface area contributed by atoms with E-state index in [0.717, 1.165) is 56.2 Å². The normalized spacial score (nSPS) is 12.9. The second-order valence-electron chi connectivity index (χ2n) is 7.10. The first kappa shape index (κ1) is 23.7. The SMILES string of the molecule is CCNC(=NCC(CCO)CC(C)C)NCCc1cn2ccccc2n1.I. The van der Waals surface area contributed by atoms with Crippen molar-refractivity contribution < 1.29 is 5.11 Å². The van der Waals surface area contributed by atoms with E-state index in [0.29, 0.717) is 11.8 Å². The predicted octanol–water partition coefficient (Wildman–Crippen LogP) is 3.09. The predicted molar refractivity (Wildman–Crippen MR) is 123 cm³/mol. The fourth-order valence-electron chi connectivity index (χ4n) is 3.11. The Balaban J connectivity index is 0.00000364. The van der Waals surface area contributed by atoms with Crippen molar-refractivity contribution in [3.63, 3.8) is 0 Å². The molecule has 152 valence electrons. The molecule has 1 atom stereocenters. The zero-order chi connectivity index (χ0) is 18.8. The van der Waals surface area contributed by atoms with Gasteiger partial charge in [-0.25, -0.2) is 4.98 Å². The van der Waals surface area contributed by atoms with Crippen LogP contribution in [0.5, 0.6) is 0 Å². The second-order valence-corrected chi connectivity index (χ2v) is 7.10. The Morgan fingerprint density at radius 3 is 2.78 bits per heavy atom. The number of nitrogens with zero attached hydrogens (tertiary/aromatic N) is 3. The van der Waals surface area contributed by atoms with Crippen molar-refractivity contribution in [3.05, 3.63) is 36.3 Å². The number of hydrogen-bond donors (Lipinski definition) is 3. The third-order valence-electron chi connectivity index (χ3n) is 4.28. The molecule has 0 saturated heterocycles. The lowest BCUT2D eigenvalue weighted by molar-refractivity contribution is 0.245. The van der Waals surface area contributed by atoms with Crippen LogP contribution in [0.25, 0.3) is 5.65 Å². The summed E-state index contributed by atoms with van der Waals surface area (Å²) >= 11 is 0. The standard InChI is InChI=1S/C20H33N5O.HI/c1-4-21-20(23-14-17(9-12-26)13-16(2)3)22-10-8-18-15-25-11-6-5-7-19(25)24-18;/h5-7,11,15-17,26H,4,8-10,12-14H2,1-3H3,(H2,21,22,23);1H. The van der Waals surface area contributed by atoms with Gasteiger partial charge in [-0.05, 0) is 43.7 Å². The first-order valence-electron chi connectivity index (χ1n) is 9.68. The van der Waals surface area contributed by atoms with Crippen molar-refractivity contribution in [1.82, 2.24) is 20.0 Å². The van der Waals surface area contributed by atoms with E-state index in [2.05, 4.69) is 42.6 Å². The summed E-state index contributed by atoms with van der Waals surface area (Å²) in [6, 6.07) is 6.02. The molecule has 27 heavy (non-hydrogen) atoms. The van der Waals surface area contributed by atoms with Crippen LogP contribution < -0.4 is 10.6 Å². The lowest BCUT2D eigenvalue weighted by Gasteiger charge is -2.17. The van der Waals surface area contributed by atoms with E-state index in [-0.39, 0.29) is 30.6 Å². The molecule has 0 amide bonds. The van der Waals surface area contributed by atoms with Crippen LogP contribution in [0, 0.1) is 11.8 Å². The Morgan fingerprint density at radius 2 is 2.11 bits per heavy atom.